The minimum absolute atomic E-state index is 0.0691. The minimum Gasteiger partial charge on any atom is -0.313 e. The van der Waals surface area contributed by atoms with Gasteiger partial charge in [-0.3, -0.25) is 0 Å². The normalized spacial score (nSPS) is 18.9. The van der Waals surface area contributed by atoms with Gasteiger partial charge in [0, 0.05) is 11.6 Å². The lowest BCUT2D eigenvalue weighted by atomic mass is 9.81. The summed E-state index contributed by atoms with van der Waals surface area (Å²) < 4.78 is 27.7. The number of hydrogen-bond donors (Lipinski definition) is 1. The molecule has 1 N–H and O–H groups in total. The average Bonchev–Trinajstić information content (AvgIpc) is 2.41. The van der Waals surface area contributed by atoms with E-state index in [-0.39, 0.29) is 6.04 Å². The van der Waals surface area contributed by atoms with Crippen molar-refractivity contribution in [2.24, 2.45) is 5.92 Å². The molecule has 1 saturated carbocycles. The number of aryl methyl sites for hydroxylation is 1. The van der Waals surface area contributed by atoms with Gasteiger partial charge in [0.05, 0.1) is 0 Å². The molecule has 0 saturated heterocycles. The molecule has 18 heavy (non-hydrogen) atoms. The van der Waals surface area contributed by atoms with E-state index < -0.39 is 11.6 Å². The van der Waals surface area contributed by atoms with Crippen LogP contribution < -0.4 is 5.32 Å². The Bertz CT molecular complexity index is 411. The van der Waals surface area contributed by atoms with Gasteiger partial charge in [-0.25, -0.2) is 8.78 Å². The maximum absolute atomic E-state index is 14.0. The molecule has 100 valence electrons. The van der Waals surface area contributed by atoms with Crippen LogP contribution >= 0.6 is 0 Å². The van der Waals surface area contributed by atoms with E-state index in [1.54, 1.807) is 19.1 Å². The first kappa shape index (κ1) is 13.5. The number of benzene rings is 1. The second-order valence-corrected chi connectivity index (χ2v) is 5.26. The third kappa shape index (κ3) is 2.56. The molecule has 0 amide bonds. The van der Waals surface area contributed by atoms with Crippen LogP contribution in [-0.2, 0) is 0 Å². The Balaban J connectivity index is 2.29. The Kier molecular flexibility index (Phi) is 4.33. The van der Waals surface area contributed by atoms with Crippen LogP contribution in [0.25, 0.3) is 0 Å². The molecule has 1 aliphatic rings. The molecule has 1 aromatic carbocycles. The monoisotopic (exact) mass is 253 g/mol. The highest BCUT2D eigenvalue weighted by atomic mass is 19.2. The molecular weight excluding hydrogens is 232 g/mol. The molecule has 1 aromatic rings. The van der Waals surface area contributed by atoms with Crippen LogP contribution in [-0.4, -0.2) is 7.05 Å². The molecule has 2 rings (SSSR count). The van der Waals surface area contributed by atoms with Crippen molar-refractivity contribution < 1.29 is 8.78 Å². The van der Waals surface area contributed by atoms with Crippen LogP contribution in [0.15, 0.2) is 12.1 Å². The lowest BCUT2D eigenvalue weighted by molar-refractivity contribution is 0.275. The van der Waals surface area contributed by atoms with Gasteiger partial charge >= 0.3 is 0 Å². The molecule has 0 spiro atoms. The SMILES string of the molecule is CNC(c1ccc(C)c(F)c1F)C1CCCCC1. The fraction of sp³-hybridized carbons (Fsp3) is 0.600. The molecule has 1 fully saturated rings. The van der Waals surface area contributed by atoms with E-state index in [9.17, 15) is 8.78 Å². The van der Waals surface area contributed by atoms with Crippen molar-refractivity contribution in [3.63, 3.8) is 0 Å². The van der Waals surface area contributed by atoms with Crippen LogP contribution in [0.1, 0.15) is 49.3 Å². The fourth-order valence-electron chi connectivity index (χ4n) is 3.01. The summed E-state index contributed by atoms with van der Waals surface area (Å²) in [4.78, 5) is 0. The highest BCUT2D eigenvalue weighted by Gasteiger charge is 2.27. The number of rotatable bonds is 3. The Morgan fingerprint density at radius 3 is 2.39 bits per heavy atom. The second kappa shape index (κ2) is 5.79. The minimum atomic E-state index is -0.705. The van der Waals surface area contributed by atoms with E-state index in [4.69, 9.17) is 0 Å². The zero-order valence-corrected chi connectivity index (χ0v) is 11.1. The first-order valence-corrected chi connectivity index (χ1v) is 6.77. The molecule has 1 atom stereocenters. The van der Waals surface area contributed by atoms with Crippen molar-refractivity contribution in [2.75, 3.05) is 7.05 Å². The van der Waals surface area contributed by atoms with Gasteiger partial charge in [-0.05, 0) is 38.3 Å². The summed E-state index contributed by atoms with van der Waals surface area (Å²) in [5.74, 6) is -0.969. The Morgan fingerprint density at radius 1 is 1.11 bits per heavy atom. The smallest absolute Gasteiger partial charge is 0.163 e. The van der Waals surface area contributed by atoms with Gasteiger partial charge in [0.15, 0.2) is 11.6 Å². The third-order valence-corrected chi connectivity index (χ3v) is 4.07. The van der Waals surface area contributed by atoms with E-state index in [0.29, 0.717) is 17.0 Å². The zero-order valence-electron chi connectivity index (χ0n) is 11.1. The summed E-state index contributed by atoms with van der Waals surface area (Å²) in [7, 11) is 1.83. The standard InChI is InChI=1S/C15H21F2N/c1-10-8-9-12(14(17)13(10)16)15(18-2)11-6-4-3-5-7-11/h8-9,11,15,18H,3-7H2,1-2H3. The summed E-state index contributed by atoms with van der Waals surface area (Å²) >= 11 is 0. The topological polar surface area (TPSA) is 12.0 Å². The van der Waals surface area contributed by atoms with Gasteiger partial charge in [-0.15, -0.1) is 0 Å². The molecule has 1 aliphatic carbocycles. The van der Waals surface area contributed by atoms with E-state index >= 15 is 0 Å². The van der Waals surface area contributed by atoms with Gasteiger partial charge in [0.25, 0.3) is 0 Å². The lowest BCUT2D eigenvalue weighted by Crippen LogP contribution is -2.28. The quantitative estimate of drug-likeness (QED) is 0.854. The zero-order chi connectivity index (χ0) is 13.1. The van der Waals surface area contributed by atoms with Gasteiger partial charge in [0.2, 0.25) is 0 Å². The molecule has 0 heterocycles. The first-order valence-electron chi connectivity index (χ1n) is 6.77. The van der Waals surface area contributed by atoms with E-state index in [2.05, 4.69) is 5.32 Å². The molecule has 0 aliphatic heterocycles. The predicted octanol–water partition coefficient (Wildman–Crippen LogP) is 4.11. The predicted molar refractivity (Wildman–Crippen MR) is 69.5 cm³/mol. The van der Waals surface area contributed by atoms with Gasteiger partial charge in [-0.2, -0.15) is 0 Å². The second-order valence-electron chi connectivity index (χ2n) is 5.26. The maximum atomic E-state index is 14.0. The Labute approximate surface area is 108 Å². The molecule has 1 nitrogen and oxygen atoms in total. The largest absolute Gasteiger partial charge is 0.313 e. The fourth-order valence-corrected chi connectivity index (χ4v) is 3.01. The summed E-state index contributed by atoms with van der Waals surface area (Å²) in [5.41, 5.74) is 0.849. The molecule has 0 bridgehead atoms. The Hall–Kier alpha value is -0.960. The summed E-state index contributed by atoms with van der Waals surface area (Å²) in [6, 6.07) is 3.32. The van der Waals surface area contributed by atoms with Crippen molar-refractivity contribution >= 4 is 0 Å². The van der Waals surface area contributed by atoms with Crippen molar-refractivity contribution in [3.05, 3.63) is 34.9 Å². The number of halogens is 2. The molecule has 0 aromatic heterocycles. The number of nitrogens with one attached hydrogen (secondary N) is 1. The lowest BCUT2D eigenvalue weighted by Gasteiger charge is -2.30. The van der Waals surface area contributed by atoms with E-state index in [0.717, 1.165) is 12.8 Å². The Morgan fingerprint density at radius 2 is 1.78 bits per heavy atom. The van der Waals surface area contributed by atoms with Gasteiger partial charge in [-0.1, -0.05) is 31.4 Å². The number of hydrogen-bond acceptors (Lipinski definition) is 1. The third-order valence-electron chi connectivity index (χ3n) is 4.07. The van der Waals surface area contributed by atoms with E-state index in [1.807, 2.05) is 7.05 Å². The highest BCUT2D eigenvalue weighted by Crippen LogP contribution is 2.35. The molecule has 0 radical (unpaired) electrons. The van der Waals surface area contributed by atoms with Crippen molar-refractivity contribution in [1.29, 1.82) is 0 Å². The highest BCUT2D eigenvalue weighted by molar-refractivity contribution is 5.28. The van der Waals surface area contributed by atoms with Crippen LogP contribution in [0.4, 0.5) is 8.78 Å². The van der Waals surface area contributed by atoms with Gasteiger partial charge in [0.1, 0.15) is 0 Å². The summed E-state index contributed by atoms with van der Waals surface area (Å²) in [6.07, 6.45) is 5.84. The molecule has 3 heteroatoms. The average molecular weight is 253 g/mol. The van der Waals surface area contributed by atoms with E-state index in [1.165, 1.54) is 19.3 Å². The van der Waals surface area contributed by atoms with Crippen LogP contribution in [0, 0.1) is 24.5 Å². The van der Waals surface area contributed by atoms with Crippen LogP contribution in [0.3, 0.4) is 0 Å². The van der Waals surface area contributed by atoms with Crippen molar-refractivity contribution in [1.82, 2.24) is 5.32 Å². The van der Waals surface area contributed by atoms with Crippen LogP contribution in [0.2, 0.25) is 0 Å². The first-order chi connectivity index (χ1) is 8.65. The molecular formula is C15H21F2N. The van der Waals surface area contributed by atoms with Crippen molar-refractivity contribution in [2.45, 2.75) is 45.1 Å². The van der Waals surface area contributed by atoms with Gasteiger partial charge < -0.3 is 5.32 Å². The van der Waals surface area contributed by atoms with Crippen molar-refractivity contribution in [3.8, 4) is 0 Å². The van der Waals surface area contributed by atoms with Crippen LogP contribution in [0.5, 0.6) is 0 Å². The molecule has 1 unspecified atom stereocenters. The maximum Gasteiger partial charge on any atom is 0.163 e. The summed E-state index contributed by atoms with van der Waals surface area (Å²) in [5, 5.41) is 3.17. The summed E-state index contributed by atoms with van der Waals surface area (Å²) in [6.45, 7) is 1.59.